The average Bonchev–Trinajstić information content (AvgIpc) is 3.30. The van der Waals surface area contributed by atoms with Gasteiger partial charge in [0.05, 0.1) is 5.92 Å². The van der Waals surface area contributed by atoms with Gasteiger partial charge in [-0.25, -0.2) is 8.78 Å². The third-order valence-electron chi connectivity index (χ3n) is 6.15. The number of rotatable bonds is 3. The topological polar surface area (TPSA) is 83.7 Å². The van der Waals surface area contributed by atoms with Crippen LogP contribution in [0.15, 0.2) is 18.2 Å². The summed E-state index contributed by atoms with van der Waals surface area (Å²) in [7, 11) is 0. The largest absolute Gasteiger partial charge is 0.368 e. The Kier molecular flexibility index (Phi) is 4.36. The standard InChI is InChI=1S/C19H21F2N3O3/c20-14-5-4-12(7-15(14)21)23-9-11(6-16(23)25)19(27)24-8-10-2-1-3-13(10)17(24)18(22)26/h4-5,7,10-11,13,17H,1-3,6,8-9H2,(H2,22,26)/t10-,11?,13-,17-/m0/s1. The number of carbonyl (C=O) groups is 3. The van der Waals surface area contributed by atoms with Crippen molar-refractivity contribution in [3.63, 3.8) is 0 Å². The fourth-order valence-electron chi connectivity index (χ4n) is 4.91. The summed E-state index contributed by atoms with van der Waals surface area (Å²) in [5.74, 6) is -3.36. The average molecular weight is 377 g/mol. The molecule has 2 aliphatic heterocycles. The van der Waals surface area contributed by atoms with Crippen LogP contribution in [-0.4, -0.2) is 41.8 Å². The van der Waals surface area contributed by atoms with E-state index in [9.17, 15) is 23.2 Å². The Bertz CT molecular complexity index is 815. The van der Waals surface area contributed by atoms with E-state index in [-0.39, 0.29) is 42.3 Å². The first-order valence-corrected chi connectivity index (χ1v) is 9.22. The number of hydrogen-bond acceptors (Lipinski definition) is 3. The monoisotopic (exact) mass is 377 g/mol. The van der Waals surface area contributed by atoms with Crippen LogP contribution in [0.3, 0.4) is 0 Å². The maximum atomic E-state index is 13.5. The lowest BCUT2D eigenvalue weighted by Crippen LogP contribution is -2.48. The van der Waals surface area contributed by atoms with Crippen molar-refractivity contribution in [2.45, 2.75) is 31.7 Å². The van der Waals surface area contributed by atoms with Crippen molar-refractivity contribution in [3.05, 3.63) is 29.8 Å². The van der Waals surface area contributed by atoms with E-state index in [2.05, 4.69) is 0 Å². The molecule has 4 rings (SSSR count). The zero-order chi connectivity index (χ0) is 19.3. The molecule has 27 heavy (non-hydrogen) atoms. The van der Waals surface area contributed by atoms with Gasteiger partial charge >= 0.3 is 0 Å². The molecular weight excluding hydrogens is 356 g/mol. The maximum absolute atomic E-state index is 13.5. The molecule has 0 aromatic heterocycles. The van der Waals surface area contributed by atoms with E-state index in [1.165, 1.54) is 11.0 Å². The summed E-state index contributed by atoms with van der Waals surface area (Å²) in [4.78, 5) is 40.2. The van der Waals surface area contributed by atoms with Gasteiger partial charge in [-0.3, -0.25) is 14.4 Å². The van der Waals surface area contributed by atoms with Gasteiger partial charge in [0.1, 0.15) is 6.04 Å². The molecule has 3 amide bonds. The Hall–Kier alpha value is -2.51. The summed E-state index contributed by atoms with van der Waals surface area (Å²) >= 11 is 0. The Labute approximate surface area is 155 Å². The molecule has 2 N–H and O–H groups in total. The minimum absolute atomic E-state index is 0.0187. The van der Waals surface area contributed by atoms with Gasteiger partial charge in [0.15, 0.2) is 11.6 Å². The number of amides is 3. The molecule has 8 heteroatoms. The highest BCUT2D eigenvalue weighted by atomic mass is 19.2. The number of hydrogen-bond donors (Lipinski definition) is 1. The summed E-state index contributed by atoms with van der Waals surface area (Å²) < 4.78 is 26.6. The van der Waals surface area contributed by atoms with Crippen molar-refractivity contribution in [2.24, 2.45) is 23.5 Å². The van der Waals surface area contributed by atoms with E-state index in [4.69, 9.17) is 5.73 Å². The summed E-state index contributed by atoms with van der Waals surface area (Å²) in [6, 6.07) is 2.61. The Balaban J connectivity index is 1.52. The van der Waals surface area contributed by atoms with Gasteiger partial charge in [-0.1, -0.05) is 6.42 Å². The molecule has 1 aliphatic carbocycles. The van der Waals surface area contributed by atoms with E-state index in [1.54, 1.807) is 4.90 Å². The van der Waals surface area contributed by atoms with Gasteiger partial charge in [-0.05, 0) is 36.8 Å². The molecule has 3 fully saturated rings. The highest BCUT2D eigenvalue weighted by Crippen LogP contribution is 2.43. The molecule has 6 nitrogen and oxygen atoms in total. The molecule has 2 heterocycles. The number of likely N-dealkylation sites (tertiary alicyclic amines) is 1. The van der Waals surface area contributed by atoms with E-state index >= 15 is 0 Å². The summed E-state index contributed by atoms with van der Waals surface area (Å²) in [6.45, 7) is 0.576. The van der Waals surface area contributed by atoms with Crippen LogP contribution in [0, 0.1) is 29.4 Å². The molecule has 3 aliphatic rings. The molecule has 1 aromatic carbocycles. The van der Waals surface area contributed by atoms with E-state index < -0.39 is 29.5 Å². The number of fused-ring (bicyclic) bond motifs is 1. The van der Waals surface area contributed by atoms with Gasteiger partial charge in [0, 0.05) is 31.3 Å². The van der Waals surface area contributed by atoms with E-state index in [0.29, 0.717) is 6.54 Å². The second-order valence-electron chi connectivity index (χ2n) is 7.70. The van der Waals surface area contributed by atoms with Crippen molar-refractivity contribution < 1.29 is 23.2 Å². The summed E-state index contributed by atoms with van der Waals surface area (Å²) in [6.07, 6.45) is 2.87. The van der Waals surface area contributed by atoms with Crippen LogP contribution in [0.25, 0.3) is 0 Å². The first-order chi connectivity index (χ1) is 12.9. The smallest absolute Gasteiger partial charge is 0.240 e. The molecule has 0 spiro atoms. The molecular formula is C19H21F2N3O3. The number of carbonyl (C=O) groups excluding carboxylic acids is 3. The third-order valence-corrected chi connectivity index (χ3v) is 6.15. The second kappa shape index (κ2) is 6.58. The molecule has 0 radical (unpaired) electrons. The SMILES string of the molecule is NC(=O)[C@@H]1[C@H]2CCC[C@H]2CN1C(=O)C1CC(=O)N(c2ccc(F)c(F)c2)C1. The molecule has 1 unspecified atom stereocenters. The number of benzene rings is 1. The van der Waals surface area contributed by atoms with Gasteiger partial charge in [-0.15, -0.1) is 0 Å². The molecule has 4 atom stereocenters. The quantitative estimate of drug-likeness (QED) is 0.865. The lowest BCUT2D eigenvalue weighted by molar-refractivity contribution is -0.141. The minimum atomic E-state index is -1.05. The Morgan fingerprint density at radius 2 is 1.89 bits per heavy atom. The fraction of sp³-hybridized carbons (Fsp3) is 0.526. The third kappa shape index (κ3) is 2.96. The van der Waals surface area contributed by atoms with Crippen LogP contribution >= 0.6 is 0 Å². The minimum Gasteiger partial charge on any atom is -0.368 e. The fourth-order valence-corrected chi connectivity index (χ4v) is 4.91. The van der Waals surface area contributed by atoms with Gasteiger partial charge in [-0.2, -0.15) is 0 Å². The van der Waals surface area contributed by atoms with Crippen molar-refractivity contribution in [1.29, 1.82) is 0 Å². The van der Waals surface area contributed by atoms with Gasteiger partial charge in [0.2, 0.25) is 17.7 Å². The molecule has 2 saturated heterocycles. The number of halogens is 2. The highest BCUT2D eigenvalue weighted by Gasteiger charge is 2.50. The predicted octanol–water partition coefficient (Wildman–Crippen LogP) is 1.43. The van der Waals surface area contributed by atoms with Crippen LogP contribution < -0.4 is 10.6 Å². The second-order valence-corrected chi connectivity index (χ2v) is 7.70. The molecule has 1 saturated carbocycles. The Morgan fingerprint density at radius 3 is 2.59 bits per heavy atom. The number of nitrogens with zero attached hydrogens (tertiary/aromatic N) is 2. The lowest BCUT2D eigenvalue weighted by Gasteiger charge is -2.27. The number of nitrogens with two attached hydrogens (primary N) is 1. The normalized spacial score (nSPS) is 30.1. The lowest BCUT2D eigenvalue weighted by atomic mass is 9.93. The van der Waals surface area contributed by atoms with Gasteiger partial charge < -0.3 is 15.5 Å². The first kappa shape index (κ1) is 17.9. The van der Waals surface area contributed by atoms with E-state index in [1.807, 2.05) is 0 Å². The first-order valence-electron chi connectivity index (χ1n) is 9.22. The maximum Gasteiger partial charge on any atom is 0.240 e. The summed E-state index contributed by atoms with van der Waals surface area (Å²) in [5.41, 5.74) is 5.79. The van der Waals surface area contributed by atoms with Crippen LogP contribution in [0.5, 0.6) is 0 Å². The summed E-state index contributed by atoms with van der Waals surface area (Å²) in [5, 5.41) is 0. The van der Waals surface area contributed by atoms with Crippen molar-refractivity contribution in [1.82, 2.24) is 4.90 Å². The van der Waals surface area contributed by atoms with Crippen molar-refractivity contribution in [2.75, 3.05) is 18.0 Å². The Morgan fingerprint density at radius 1 is 1.11 bits per heavy atom. The number of anilines is 1. The van der Waals surface area contributed by atoms with Crippen molar-refractivity contribution >= 4 is 23.4 Å². The zero-order valence-corrected chi connectivity index (χ0v) is 14.7. The molecule has 1 aromatic rings. The highest BCUT2D eigenvalue weighted by molar-refractivity contribution is 6.01. The van der Waals surface area contributed by atoms with Crippen LogP contribution in [0.2, 0.25) is 0 Å². The van der Waals surface area contributed by atoms with Crippen LogP contribution in [-0.2, 0) is 14.4 Å². The van der Waals surface area contributed by atoms with Crippen LogP contribution in [0.4, 0.5) is 14.5 Å². The molecule has 144 valence electrons. The van der Waals surface area contributed by atoms with Crippen molar-refractivity contribution in [3.8, 4) is 0 Å². The predicted molar refractivity (Wildman–Crippen MR) is 92.3 cm³/mol. The number of primary amides is 1. The van der Waals surface area contributed by atoms with Crippen LogP contribution in [0.1, 0.15) is 25.7 Å². The molecule has 0 bridgehead atoms. The van der Waals surface area contributed by atoms with E-state index in [0.717, 1.165) is 31.4 Å². The van der Waals surface area contributed by atoms with Gasteiger partial charge in [0.25, 0.3) is 0 Å². The zero-order valence-electron chi connectivity index (χ0n) is 14.7.